The number of nitro groups is 1. The normalized spacial score (nSPS) is 14.1. The lowest BCUT2D eigenvalue weighted by atomic mass is 9.96. The predicted octanol–water partition coefficient (Wildman–Crippen LogP) is 2.41. The van der Waals surface area contributed by atoms with Crippen LogP contribution in [0.3, 0.4) is 0 Å². The summed E-state index contributed by atoms with van der Waals surface area (Å²) in [5.41, 5.74) is -0.487. The largest absolute Gasteiger partial charge is 0.492 e. The van der Waals surface area contributed by atoms with Gasteiger partial charge in [0, 0.05) is 0 Å². The summed E-state index contributed by atoms with van der Waals surface area (Å²) in [5.74, 6) is 0.472. The number of methoxy groups -OCH3 is 2. The Hall–Kier alpha value is -2.49. The summed E-state index contributed by atoms with van der Waals surface area (Å²) in [7, 11) is 2.78. The third kappa shape index (κ3) is 2.32. The van der Waals surface area contributed by atoms with Gasteiger partial charge in [-0.1, -0.05) is 0 Å². The first-order valence-electron chi connectivity index (χ1n) is 6.12. The predicted molar refractivity (Wildman–Crippen MR) is 69.2 cm³/mol. The molecule has 1 aliphatic rings. The van der Waals surface area contributed by atoms with Crippen LogP contribution in [0.2, 0.25) is 0 Å². The molecule has 0 saturated heterocycles. The van der Waals surface area contributed by atoms with Crippen molar-refractivity contribution in [3.05, 3.63) is 21.7 Å². The van der Waals surface area contributed by atoms with Gasteiger partial charge in [-0.05, 0) is 19.3 Å². The highest BCUT2D eigenvalue weighted by Crippen LogP contribution is 2.46. The molecule has 20 heavy (non-hydrogen) atoms. The Morgan fingerprint density at radius 2 is 2.05 bits per heavy atom. The van der Waals surface area contributed by atoms with Crippen LogP contribution in [-0.2, 0) is 0 Å². The number of hydrogen-bond acceptors (Lipinski definition) is 6. The van der Waals surface area contributed by atoms with Crippen molar-refractivity contribution in [1.82, 2.24) is 0 Å². The summed E-state index contributed by atoms with van der Waals surface area (Å²) < 4.78 is 16.0. The van der Waals surface area contributed by atoms with Gasteiger partial charge >= 0.3 is 0 Å². The number of nitro benzene ring substituents is 1. The van der Waals surface area contributed by atoms with Gasteiger partial charge in [-0.15, -0.1) is 0 Å². The van der Waals surface area contributed by atoms with Gasteiger partial charge in [-0.3, -0.25) is 10.1 Å². The maximum absolute atomic E-state index is 11.1. The van der Waals surface area contributed by atoms with Crippen molar-refractivity contribution in [1.29, 1.82) is 5.26 Å². The van der Waals surface area contributed by atoms with E-state index in [1.165, 1.54) is 20.3 Å². The zero-order chi connectivity index (χ0) is 14.7. The lowest BCUT2D eigenvalue weighted by molar-refractivity contribution is -0.385. The van der Waals surface area contributed by atoms with Gasteiger partial charge in [-0.25, -0.2) is 0 Å². The third-order valence-electron chi connectivity index (χ3n) is 3.25. The molecule has 0 heterocycles. The van der Waals surface area contributed by atoms with Crippen LogP contribution < -0.4 is 14.2 Å². The van der Waals surface area contributed by atoms with E-state index in [-0.39, 0.29) is 34.6 Å². The van der Waals surface area contributed by atoms with Crippen LogP contribution in [0.15, 0.2) is 6.07 Å². The van der Waals surface area contributed by atoms with Crippen molar-refractivity contribution in [3.8, 4) is 23.3 Å². The molecule has 1 aliphatic carbocycles. The summed E-state index contributed by atoms with van der Waals surface area (Å²) in [6.07, 6.45) is 2.72. The smallest absolute Gasteiger partial charge is 0.294 e. The van der Waals surface area contributed by atoms with E-state index in [1.54, 1.807) is 0 Å². The number of nitriles is 1. The van der Waals surface area contributed by atoms with Crippen LogP contribution in [0.25, 0.3) is 0 Å². The standard InChI is InChI=1S/C13H14N2O5/c1-18-11-6-10(15(16)17)9(7-14)12(13(11)19-2)20-8-4-3-5-8/h6,8H,3-5H2,1-2H3. The molecule has 106 valence electrons. The van der Waals surface area contributed by atoms with E-state index in [2.05, 4.69) is 0 Å². The van der Waals surface area contributed by atoms with E-state index < -0.39 is 4.92 Å². The number of rotatable bonds is 5. The first kappa shape index (κ1) is 13.9. The number of nitrogens with zero attached hydrogens (tertiary/aromatic N) is 2. The Morgan fingerprint density at radius 3 is 2.45 bits per heavy atom. The van der Waals surface area contributed by atoms with Crippen LogP contribution in [0.4, 0.5) is 5.69 Å². The highest BCUT2D eigenvalue weighted by molar-refractivity contribution is 5.68. The molecule has 7 heteroatoms. The molecule has 0 aromatic heterocycles. The van der Waals surface area contributed by atoms with Crippen molar-refractivity contribution in [3.63, 3.8) is 0 Å². The maximum atomic E-state index is 11.1. The highest BCUT2D eigenvalue weighted by atomic mass is 16.6. The molecular weight excluding hydrogens is 264 g/mol. The average molecular weight is 278 g/mol. The average Bonchev–Trinajstić information content (AvgIpc) is 2.40. The molecule has 1 fully saturated rings. The van der Waals surface area contributed by atoms with E-state index in [1.807, 2.05) is 6.07 Å². The fourth-order valence-corrected chi connectivity index (χ4v) is 1.97. The van der Waals surface area contributed by atoms with Gasteiger partial charge in [0.1, 0.15) is 6.07 Å². The molecule has 1 aromatic rings. The monoisotopic (exact) mass is 278 g/mol. The van der Waals surface area contributed by atoms with Crippen LogP contribution in [-0.4, -0.2) is 25.2 Å². The summed E-state index contributed by atoms with van der Waals surface area (Å²) >= 11 is 0. The van der Waals surface area contributed by atoms with Crippen molar-refractivity contribution in [2.24, 2.45) is 0 Å². The fourth-order valence-electron chi connectivity index (χ4n) is 1.97. The topological polar surface area (TPSA) is 94.6 Å². The van der Waals surface area contributed by atoms with E-state index >= 15 is 0 Å². The number of benzene rings is 1. The Kier molecular flexibility index (Phi) is 3.94. The first-order valence-corrected chi connectivity index (χ1v) is 6.12. The minimum absolute atomic E-state index is 0.0392. The van der Waals surface area contributed by atoms with Crippen LogP contribution in [0, 0.1) is 21.4 Å². The van der Waals surface area contributed by atoms with Gasteiger partial charge in [-0.2, -0.15) is 5.26 Å². The van der Waals surface area contributed by atoms with E-state index in [0.717, 1.165) is 19.3 Å². The molecule has 0 N–H and O–H groups in total. The molecule has 0 aliphatic heterocycles. The number of hydrogen-bond donors (Lipinski definition) is 0. The molecule has 0 spiro atoms. The molecule has 0 amide bonds. The van der Waals surface area contributed by atoms with Crippen molar-refractivity contribution >= 4 is 5.69 Å². The quantitative estimate of drug-likeness (QED) is 0.606. The van der Waals surface area contributed by atoms with E-state index in [9.17, 15) is 15.4 Å². The SMILES string of the molecule is COc1cc([N+](=O)[O-])c(C#N)c(OC2CCC2)c1OC. The van der Waals surface area contributed by atoms with Crippen LogP contribution >= 0.6 is 0 Å². The summed E-state index contributed by atoms with van der Waals surface area (Å²) in [5, 5.41) is 20.3. The Balaban J connectivity index is 2.60. The Labute approximate surface area is 115 Å². The zero-order valence-electron chi connectivity index (χ0n) is 11.2. The van der Waals surface area contributed by atoms with Crippen molar-refractivity contribution in [2.75, 3.05) is 14.2 Å². The summed E-state index contributed by atoms with van der Waals surface area (Å²) in [6, 6.07) is 2.99. The number of ether oxygens (including phenoxy) is 3. The molecular formula is C13H14N2O5. The Morgan fingerprint density at radius 1 is 1.35 bits per heavy atom. The van der Waals surface area contributed by atoms with Gasteiger partial charge < -0.3 is 14.2 Å². The molecule has 0 radical (unpaired) electrons. The molecule has 0 bridgehead atoms. The molecule has 0 unspecified atom stereocenters. The van der Waals surface area contributed by atoms with E-state index in [0.29, 0.717) is 0 Å². The second-order valence-corrected chi connectivity index (χ2v) is 4.38. The highest BCUT2D eigenvalue weighted by Gasteiger charge is 2.30. The second kappa shape index (κ2) is 5.65. The van der Waals surface area contributed by atoms with Crippen LogP contribution in [0.5, 0.6) is 17.2 Å². The first-order chi connectivity index (χ1) is 9.62. The lowest BCUT2D eigenvalue weighted by Crippen LogP contribution is -2.25. The maximum Gasteiger partial charge on any atom is 0.294 e. The second-order valence-electron chi connectivity index (χ2n) is 4.38. The lowest BCUT2D eigenvalue weighted by Gasteiger charge is -2.27. The fraction of sp³-hybridized carbons (Fsp3) is 0.462. The zero-order valence-corrected chi connectivity index (χ0v) is 11.2. The van der Waals surface area contributed by atoms with Gasteiger partial charge in [0.05, 0.1) is 31.3 Å². The minimum atomic E-state index is -0.631. The van der Waals surface area contributed by atoms with Crippen LogP contribution in [0.1, 0.15) is 24.8 Å². The molecule has 1 aromatic carbocycles. The summed E-state index contributed by atoms with van der Waals surface area (Å²) in [4.78, 5) is 10.4. The van der Waals surface area contributed by atoms with Gasteiger partial charge in [0.25, 0.3) is 5.69 Å². The molecule has 7 nitrogen and oxygen atoms in total. The summed E-state index contributed by atoms with van der Waals surface area (Å²) in [6.45, 7) is 0. The van der Waals surface area contributed by atoms with Crippen molar-refractivity contribution in [2.45, 2.75) is 25.4 Å². The molecule has 1 saturated carbocycles. The third-order valence-corrected chi connectivity index (χ3v) is 3.25. The van der Waals surface area contributed by atoms with Crippen molar-refractivity contribution < 1.29 is 19.1 Å². The van der Waals surface area contributed by atoms with Gasteiger partial charge in [0.15, 0.2) is 17.1 Å². The Bertz CT molecular complexity index is 575. The van der Waals surface area contributed by atoms with Gasteiger partial charge in [0.2, 0.25) is 5.75 Å². The van der Waals surface area contributed by atoms with E-state index in [4.69, 9.17) is 14.2 Å². The molecule has 0 atom stereocenters. The molecule has 2 rings (SSSR count). The minimum Gasteiger partial charge on any atom is -0.492 e.